The van der Waals surface area contributed by atoms with Gasteiger partial charge in [0.05, 0.1) is 18.3 Å². The summed E-state index contributed by atoms with van der Waals surface area (Å²) in [6, 6.07) is 6.46. The molecule has 0 atom stereocenters. The highest BCUT2D eigenvalue weighted by atomic mass is 79.9. The molecule has 1 aromatic heterocycles. The Balaban J connectivity index is 2.66. The fourth-order valence-corrected chi connectivity index (χ4v) is 1.45. The Morgan fingerprint density at radius 2 is 2.27 bits per heavy atom. The minimum absolute atomic E-state index is 0.357. The molecule has 1 rings (SSSR count). The number of halogens is 1. The summed E-state index contributed by atoms with van der Waals surface area (Å²) in [6.07, 6.45) is 1.78. The van der Waals surface area contributed by atoms with Gasteiger partial charge in [-0.2, -0.15) is 5.26 Å². The molecule has 3 nitrogen and oxygen atoms in total. The van der Waals surface area contributed by atoms with E-state index in [1.807, 2.05) is 12.1 Å². The van der Waals surface area contributed by atoms with Crippen molar-refractivity contribution in [3.8, 4) is 6.07 Å². The van der Waals surface area contributed by atoms with E-state index in [9.17, 15) is 0 Å². The van der Waals surface area contributed by atoms with Gasteiger partial charge in [0.2, 0.25) is 0 Å². The van der Waals surface area contributed by atoms with E-state index in [0.717, 1.165) is 16.7 Å². The molecule has 0 N–H and O–H groups in total. The molecule has 0 unspecified atom stereocenters. The van der Waals surface area contributed by atoms with Gasteiger partial charge in [0.15, 0.2) is 0 Å². The first-order valence-corrected chi connectivity index (χ1v) is 5.64. The van der Waals surface area contributed by atoms with Crippen LogP contribution >= 0.6 is 15.9 Å². The highest BCUT2D eigenvalue weighted by Gasteiger charge is 2.09. The maximum absolute atomic E-state index is 8.69. The Labute approximate surface area is 98.9 Å². The van der Waals surface area contributed by atoms with Crippen LogP contribution in [0, 0.1) is 11.3 Å². The Kier molecular flexibility index (Phi) is 4.73. The third kappa shape index (κ3) is 3.98. The lowest BCUT2D eigenvalue weighted by atomic mass is 10.2. The van der Waals surface area contributed by atoms with Crippen molar-refractivity contribution in [3.05, 3.63) is 28.5 Å². The molecule has 0 fully saturated rings. The Morgan fingerprint density at radius 1 is 1.53 bits per heavy atom. The molecule has 0 saturated carbocycles. The molecule has 15 heavy (non-hydrogen) atoms. The first kappa shape index (κ1) is 12.2. The molecule has 1 heterocycles. The van der Waals surface area contributed by atoms with Gasteiger partial charge in [-0.05, 0) is 41.9 Å². The molecular formula is C11H14BrN3. The summed E-state index contributed by atoms with van der Waals surface area (Å²) in [5.74, 6) is 0. The van der Waals surface area contributed by atoms with E-state index < -0.39 is 0 Å². The van der Waals surface area contributed by atoms with Gasteiger partial charge in [-0.3, -0.25) is 9.88 Å². The van der Waals surface area contributed by atoms with E-state index in [0.29, 0.717) is 12.6 Å². The zero-order valence-corrected chi connectivity index (χ0v) is 10.5. The monoisotopic (exact) mass is 267 g/mol. The zero-order valence-electron chi connectivity index (χ0n) is 8.94. The second-order valence-corrected chi connectivity index (χ2v) is 4.54. The summed E-state index contributed by atoms with van der Waals surface area (Å²) in [4.78, 5) is 6.36. The number of rotatable bonds is 4. The second-order valence-electron chi connectivity index (χ2n) is 3.62. The summed E-state index contributed by atoms with van der Waals surface area (Å²) in [6.45, 7) is 5.32. The molecule has 0 amide bonds. The second kappa shape index (κ2) is 5.84. The van der Waals surface area contributed by atoms with Gasteiger partial charge in [-0.25, -0.2) is 0 Å². The van der Waals surface area contributed by atoms with E-state index in [1.165, 1.54) is 0 Å². The number of hydrogen-bond acceptors (Lipinski definition) is 3. The van der Waals surface area contributed by atoms with Crippen molar-refractivity contribution in [2.75, 3.05) is 6.54 Å². The van der Waals surface area contributed by atoms with Crippen molar-refractivity contribution in [2.45, 2.75) is 26.4 Å². The van der Waals surface area contributed by atoms with Crippen LogP contribution in [-0.2, 0) is 6.54 Å². The molecule has 1 aromatic rings. The van der Waals surface area contributed by atoms with Crippen LogP contribution in [0.1, 0.15) is 19.5 Å². The topological polar surface area (TPSA) is 39.9 Å². The van der Waals surface area contributed by atoms with E-state index in [1.54, 1.807) is 6.20 Å². The summed E-state index contributed by atoms with van der Waals surface area (Å²) in [7, 11) is 0. The van der Waals surface area contributed by atoms with Crippen LogP contribution in [0.15, 0.2) is 22.8 Å². The fraction of sp³-hybridized carbons (Fsp3) is 0.455. The lowest BCUT2D eigenvalue weighted by molar-refractivity contribution is 0.237. The van der Waals surface area contributed by atoms with Gasteiger partial charge in [-0.1, -0.05) is 0 Å². The average Bonchev–Trinajstić information content (AvgIpc) is 2.20. The molecule has 0 radical (unpaired) electrons. The van der Waals surface area contributed by atoms with Gasteiger partial charge in [0.1, 0.15) is 0 Å². The van der Waals surface area contributed by atoms with Crippen molar-refractivity contribution in [3.63, 3.8) is 0 Å². The van der Waals surface area contributed by atoms with E-state index in [2.05, 4.69) is 45.7 Å². The third-order valence-electron chi connectivity index (χ3n) is 2.16. The van der Waals surface area contributed by atoms with Crippen LogP contribution in [0.2, 0.25) is 0 Å². The van der Waals surface area contributed by atoms with Crippen molar-refractivity contribution in [1.29, 1.82) is 5.26 Å². The highest BCUT2D eigenvalue weighted by molar-refractivity contribution is 9.10. The van der Waals surface area contributed by atoms with E-state index in [-0.39, 0.29) is 0 Å². The first-order valence-electron chi connectivity index (χ1n) is 4.85. The van der Waals surface area contributed by atoms with Gasteiger partial charge in [0, 0.05) is 23.3 Å². The predicted octanol–water partition coefficient (Wildman–Crippen LogP) is 2.58. The normalized spacial score (nSPS) is 10.7. The SMILES string of the molecule is CC(C)N(CC#N)Cc1ccc(Br)cn1. The standard InChI is InChI=1S/C11H14BrN3/c1-9(2)15(6-5-13)8-11-4-3-10(12)7-14-11/h3-4,7,9H,6,8H2,1-2H3. The lowest BCUT2D eigenvalue weighted by Gasteiger charge is -2.22. The molecule has 0 aliphatic heterocycles. The van der Waals surface area contributed by atoms with Crippen molar-refractivity contribution in [1.82, 2.24) is 9.88 Å². The zero-order chi connectivity index (χ0) is 11.3. The van der Waals surface area contributed by atoms with Gasteiger partial charge in [-0.15, -0.1) is 0 Å². The molecule has 0 aliphatic rings. The largest absolute Gasteiger partial charge is 0.282 e. The molecule has 0 spiro atoms. The van der Waals surface area contributed by atoms with Gasteiger partial charge in [0.25, 0.3) is 0 Å². The lowest BCUT2D eigenvalue weighted by Crippen LogP contribution is -2.30. The summed E-state index contributed by atoms with van der Waals surface area (Å²) >= 11 is 3.34. The third-order valence-corrected chi connectivity index (χ3v) is 2.63. The van der Waals surface area contributed by atoms with Crippen LogP contribution in [0.4, 0.5) is 0 Å². The van der Waals surface area contributed by atoms with Crippen LogP contribution in [-0.4, -0.2) is 22.5 Å². The molecule has 0 aromatic carbocycles. The quantitative estimate of drug-likeness (QED) is 0.788. The number of aromatic nitrogens is 1. The minimum atomic E-state index is 0.357. The Bertz CT molecular complexity index is 340. The van der Waals surface area contributed by atoms with E-state index in [4.69, 9.17) is 5.26 Å². The van der Waals surface area contributed by atoms with Gasteiger partial charge >= 0.3 is 0 Å². The number of nitrogens with zero attached hydrogens (tertiary/aromatic N) is 3. The van der Waals surface area contributed by atoms with Gasteiger partial charge < -0.3 is 0 Å². The Hall–Kier alpha value is -0.920. The maximum Gasteiger partial charge on any atom is 0.0871 e. The van der Waals surface area contributed by atoms with Crippen LogP contribution < -0.4 is 0 Å². The summed E-state index contributed by atoms with van der Waals surface area (Å²) < 4.78 is 0.975. The Morgan fingerprint density at radius 3 is 2.73 bits per heavy atom. The molecular weight excluding hydrogens is 254 g/mol. The fourth-order valence-electron chi connectivity index (χ4n) is 1.22. The molecule has 80 valence electrons. The molecule has 4 heteroatoms. The van der Waals surface area contributed by atoms with Crippen molar-refractivity contribution in [2.24, 2.45) is 0 Å². The minimum Gasteiger partial charge on any atom is -0.282 e. The summed E-state index contributed by atoms with van der Waals surface area (Å²) in [5, 5.41) is 8.69. The van der Waals surface area contributed by atoms with Crippen molar-refractivity contribution < 1.29 is 0 Å². The van der Waals surface area contributed by atoms with Crippen LogP contribution in [0.5, 0.6) is 0 Å². The van der Waals surface area contributed by atoms with Crippen LogP contribution in [0.25, 0.3) is 0 Å². The number of hydrogen-bond donors (Lipinski definition) is 0. The number of nitriles is 1. The number of pyridine rings is 1. The smallest absolute Gasteiger partial charge is 0.0871 e. The van der Waals surface area contributed by atoms with Crippen molar-refractivity contribution >= 4 is 15.9 Å². The van der Waals surface area contributed by atoms with Crippen LogP contribution in [0.3, 0.4) is 0 Å². The average molecular weight is 268 g/mol. The highest BCUT2D eigenvalue weighted by Crippen LogP contribution is 2.10. The maximum atomic E-state index is 8.69. The van der Waals surface area contributed by atoms with E-state index >= 15 is 0 Å². The first-order chi connectivity index (χ1) is 7.13. The predicted molar refractivity (Wildman–Crippen MR) is 63.1 cm³/mol. The molecule has 0 aliphatic carbocycles. The summed E-state index contributed by atoms with van der Waals surface area (Å²) in [5.41, 5.74) is 0.988. The molecule has 0 bridgehead atoms. The molecule has 0 saturated heterocycles.